The van der Waals surface area contributed by atoms with Gasteiger partial charge in [0.1, 0.15) is 24.4 Å². The van der Waals surface area contributed by atoms with Gasteiger partial charge in [0.2, 0.25) is 5.91 Å². The van der Waals surface area contributed by atoms with E-state index < -0.39 is 49.5 Å². The Kier molecular flexibility index (Phi) is 30.2. The quantitative estimate of drug-likeness (QED) is 0.0302. The van der Waals surface area contributed by atoms with Gasteiger partial charge in [-0.3, -0.25) is 4.79 Å². The number of unbranched alkanes of at least 4 members (excludes halogenated alkanes) is 19. The SMILES string of the molecule is CCCCCCC/C=C\C/C=C\CCCCCCCCCCCC(=O)NC(COC1OC(CO)C(O)C(O)C1O)C(O)CCCCCCCC. The highest BCUT2D eigenvalue weighted by atomic mass is 16.7. The van der Waals surface area contributed by atoms with Crippen LogP contribution in [0.5, 0.6) is 0 Å². The third kappa shape index (κ3) is 23.3. The van der Waals surface area contributed by atoms with Gasteiger partial charge >= 0.3 is 0 Å². The molecule has 0 spiro atoms. The number of amides is 1. The molecule has 9 nitrogen and oxygen atoms in total. The maximum atomic E-state index is 12.8. The Morgan fingerprint density at radius 3 is 1.72 bits per heavy atom. The fraction of sp³-hybridized carbons (Fsp3) is 0.878. The summed E-state index contributed by atoms with van der Waals surface area (Å²) in [5.74, 6) is -0.155. The number of hydrogen-bond donors (Lipinski definition) is 6. The number of nitrogens with one attached hydrogen (secondary N) is 1. The zero-order valence-electron chi connectivity index (χ0n) is 31.9. The van der Waals surface area contributed by atoms with Gasteiger partial charge in [-0.1, -0.05) is 147 Å². The molecule has 1 heterocycles. The highest BCUT2D eigenvalue weighted by Gasteiger charge is 2.44. The molecule has 0 saturated carbocycles. The van der Waals surface area contributed by atoms with Crippen molar-refractivity contribution in [2.24, 2.45) is 0 Å². The predicted octanol–water partition coefficient (Wildman–Crippen LogP) is 7.55. The molecule has 0 aromatic rings. The van der Waals surface area contributed by atoms with Gasteiger partial charge in [-0.2, -0.15) is 0 Å². The summed E-state index contributed by atoms with van der Waals surface area (Å²) in [5.41, 5.74) is 0. The minimum atomic E-state index is -1.55. The number of hydrogen-bond acceptors (Lipinski definition) is 8. The van der Waals surface area contributed by atoms with Crippen molar-refractivity contribution in [3.05, 3.63) is 24.3 Å². The lowest BCUT2D eigenvalue weighted by Gasteiger charge is -2.40. The molecule has 6 N–H and O–H groups in total. The van der Waals surface area contributed by atoms with Gasteiger partial charge in [0, 0.05) is 6.42 Å². The van der Waals surface area contributed by atoms with Crippen molar-refractivity contribution in [2.45, 2.75) is 217 Å². The number of carbonyl (C=O) groups excluding carboxylic acids is 1. The van der Waals surface area contributed by atoms with Crippen molar-refractivity contribution < 1.29 is 39.8 Å². The first-order valence-electron chi connectivity index (χ1n) is 20.5. The average molecular weight is 712 g/mol. The third-order valence-electron chi connectivity index (χ3n) is 9.81. The molecule has 294 valence electrons. The molecule has 0 aliphatic carbocycles. The Labute approximate surface area is 305 Å². The van der Waals surface area contributed by atoms with Crippen LogP contribution in [0.25, 0.3) is 0 Å². The largest absolute Gasteiger partial charge is 0.394 e. The van der Waals surface area contributed by atoms with Crippen molar-refractivity contribution in [1.82, 2.24) is 5.32 Å². The molecule has 0 aromatic carbocycles. The minimum absolute atomic E-state index is 0.141. The van der Waals surface area contributed by atoms with Crippen molar-refractivity contribution in [2.75, 3.05) is 13.2 Å². The van der Waals surface area contributed by atoms with Crippen molar-refractivity contribution in [1.29, 1.82) is 0 Å². The first-order chi connectivity index (χ1) is 24.3. The maximum Gasteiger partial charge on any atom is 0.220 e. The molecule has 7 unspecified atom stereocenters. The molecule has 9 heteroatoms. The monoisotopic (exact) mass is 712 g/mol. The second kappa shape index (κ2) is 32.3. The van der Waals surface area contributed by atoms with Gasteiger partial charge in [-0.05, 0) is 44.9 Å². The Balaban J connectivity index is 2.24. The number of aliphatic hydroxyl groups excluding tert-OH is 5. The van der Waals surface area contributed by atoms with E-state index in [1.807, 2.05) is 0 Å². The standard InChI is InChI=1S/C41H77NO8/c1-3-5-7-9-11-12-13-14-15-16-17-18-19-20-21-22-23-24-25-27-29-31-37(45)42-34(35(44)30-28-26-10-8-6-4-2)33-49-41-40(48)39(47)38(46)36(32-43)50-41/h13-14,16-17,34-36,38-41,43-44,46-48H,3-12,15,18-33H2,1-2H3,(H,42,45)/b14-13-,17-16-. The van der Waals surface area contributed by atoms with E-state index in [2.05, 4.69) is 43.5 Å². The van der Waals surface area contributed by atoms with Crippen molar-refractivity contribution in [3.8, 4) is 0 Å². The van der Waals surface area contributed by atoms with Crippen LogP contribution in [0, 0.1) is 0 Å². The summed E-state index contributed by atoms with van der Waals surface area (Å²) in [6, 6.07) is -0.715. The fourth-order valence-corrected chi connectivity index (χ4v) is 6.42. The molecule has 1 fully saturated rings. The summed E-state index contributed by atoms with van der Waals surface area (Å²) in [6.07, 6.45) is 29.3. The van der Waals surface area contributed by atoms with Gasteiger partial charge in [0.15, 0.2) is 6.29 Å². The molecule has 0 bridgehead atoms. The molecule has 1 saturated heterocycles. The molecule has 1 amide bonds. The Bertz CT molecular complexity index is 837. The van der Waals surface area contributed by atoms with Gasteiger partial charge in [0.05, 0.1) is 25.4 Å². The molecular formula is C41H77NO8. The second-order valence-electron chi connectivity index (χ2n) is 14.4. The van der Waals surface area contributed by atoms with E-state index in [1.165, 1.54) is 103 Å². The fourth-order valence-electron chi connectivity index (χ4n) is 6.42. The summed E-state index contributed by atoms with van der Waals surface area (Å²) >= 11 is 0. The molecule has 50 heavy (non-hydrogen) atoms. The molecule has 1 rings (SSSR count). The number of aliphatic hydroxyl groups is 5. The van der Waals surface area contributed by atoms with Crippen molar-refractivity contribution >= 4 is 5.91 Å². The van der Waals surface area contributed by atoms with Crippen LogP contribution < -0.4 is 5.32 Å². The van der Waals surface area contributed by atoms with E-state index in [-0.39, 0.29) is 12.5 Å². The summed E-state index contributed by atoms with van der Waals surface area (Å²) in [4.78, 5) is 12.8. The van der Waals surface area contributed by atoms with E-state index in [4.69, 9.17) is 9.47 Å². The van der Waals surface area contributed by atoms with Crippen LogP contribution in [-0.2, 0) is 14.3 Å². The first kappa shape index (κ1) is 46.7. The number of allylic oxidation sites excluding steroid dienone is 4. The summed E-state index contributed by atoms with van der Waals surface area (Å²) < 4.78 is 11.2. The second-order valence-corrected chi connectivity index (χ2v) is 14.4. The Morgan fingerprint density at radius 1 is 0.680 bits per heavy atom. The number of ether oxygens (including phenoxy) is 2. The Morgan fingerprint density at radius 2 is 1.18 bits per heavy atom. The van der Waals surface area contributed by atoms with Crippen LogP contribution >= 0.6 is 0 Å². The van der Waals surface area contributed by atoms with Crippen LogP contribution in [0.3, 0.4) is 0 Å². The molecule has 0 aromatic heterocycles. The van der Waals surface area contributed by atoms with Crippen LogP contribution in [0.15, 0.2) is 24.3 Å². The molecule has 1 aliphatic heterocycles. The summed E-state index contributed by atoms with van der Waals surface area (Å²) in [7, 11) is 0. The van der Waals surface area contributed by atoms with E-state index in [0.29, 0.717) is 12.8 Å². The zero-order chi connectivity index (χ0) is 36.7. The third-order valence-corrected chi connectivity index (χ3v) is 9.81. The van der Waals surface area contributed by atoms with E-state index >= 15 is 0 Å². The molecule has 7 atom stereocenters. The van der Waals surface area contributed by atoms with Crippen LogP contribution in [0.4, 0.5) is 0 Å². The Hall–Kier alpha value is -1.33. The molecule has 1 aliphatic rings. The highest BCUT2D eigenvalue weighted by molar-refractivity contribution is 5.76. The number of rotatable bonds is 33. The predicted molar refractivity (Wildman–Crippen MR) is 203 cm³/mol. The van der Waals surface area contributed by atoms with Gasteiger partial charge in [0.25, 0.3) is 0 Å². The minimum Gasteiger partial charge on any atom is -0.394 e. The van der Waals surface area contributed by atoms with Crippen LogP contribution in [0.2, 0.25) is 0 Å². The lowest BCUT2D eigenvalue weighted by Crippen LogP contribution is -2.60. The highest BCUT2D eigenvalue weighted by Crippen LogP contribution is 2.23. The van der Waals surface area contributed by atoms with Crippen molar-refractivity contribution in [3.63, 3.8) is 0 Å². The van der Waals surface area contributed by atoms with E-state index in [1.54, 1.807) is 0 Å². The van der Waals surface area contributed by atoms with Crippen LogP contribution in [0.1, 0.15) is 174 Å². The zero-order valence-corrected chi connectivity index (χ0v) is 31.9. The van der Waals surface area contributed by atoms with E-state index in [9.17, 15) is 30.3 Å². The van der Waals surface area contributed by atoms with Gasteiger partial charge < -0.3 is 40.3 Å². The molecular weight excluding hydrogens is 634 g/mol. The molecule has 0 radical (unpaired) electrons. The topological polar surface area (TPSA) is 149 Å². The van der Waals surface area contributed by atoms with Gasteiger partial charge in [-0.25, -0.2) is 0 Å². The van der Waals surface area contributed by atoms with Gasteiger partial charge in [-0.15, -0.1) is 0 Å². The smallest absolute Gasteiger partial charge is 0.220 e. The van der Waals surface area contributed by atoms with E-state index in [0.717, 1.165) is 44.9 Å². The maximum absolute atomic E-state index is 12.8. The average Bonchev–Trinajstić information content (AvgIpc) is 3.11. The first-order valence-corrected chi connectivity index (χ1v) is 20.5. The number of carbonyl (C=O) groups is 1. The summed E-state index contributed by atoms with van der Waals surface area (Å²) in [5, 5.41) is 53.8. The lowest BCUT2D eigenvalue weighted by molar-refractivity contribution is -0.302. The normalized spacial score (nSPS) is 22.4. The summed E-state index contributed by atoms with van der Waals surface area (Å²) in [6.45, 7) is 3.74. The van der Waals surface area contributed by atoms with Crippen LogP contribution in [-0.4, -0.2) is 87.5 Å². The lowest BCUT2D eigenvalue weighted by atomic mass is 9.99.